The van der Waals surface area contributed by atoms with Crippen molar-refractivity contribution in [2.24, 2.45) is 11.7 Å². The molecule has 1 saturated carbocycles. The predicted octanol–water partition coefficient (Wildman–Crippen LogP) is 2.63. The van der Waals surface area contributed by atoms with Crippen LogP contribution in [-0.4, -0.2) is 11.9 Å². The summed E-state index contributed by atoms with van der Waals surface area (Å²) in [5, 5.41) is 0. The van der Waals surface area contributed by atoms with Crippen LogP contribution in [0.15, 0.2) is 48.5 Å². The SMILES string of the molecule is NC(=O)c1cccc(OC(=O)C2CC2c2cccc(F)c2)c1. The lowest BCUT2D eigenvalue weighted by molar-refractivity contribution is -0.135. The Morgan fingerprint density at radius 3 is 2.64 bits per heavy atom. The van der Waals surface area contributed by atoms with E-state index in [0.717, 1.165) is 5.56 Å². The zero-order valence-corrected chi connectivity index (χ0v) is 11.7. The fourth-order valence-electron chi connectivity index (χ4n) is 2.47. The molecule has 0 radical (unpaired) electrons. The van der Waals surface area contributed by atoms with Crippen LogP contribution in [0.25, 0.3) is 0 Å². The van der Waals surface area contributed by atoms with Gasteiger partial charge in [-0.1, -0.05) is 18.2 Å². The smallest absolute Gasteiger partial charge is 0.314 e. The van der Waals surface area contributed by atoms with Crippen molar-refractivity contribution in [3.8, 4) is 5.75 Å². The van der Waals surface area contributed by atoms with Gasteiger partial charge in [-0.3, -0.25) is 9.59 Å². The first-order valence-electron chi connectivity index (χ1n) is 6.91. The Bertz CT molecular complexity index is 744. The number of carbonyl (C=O) groups is 2. The molecule has 0 saturated heterocycles. The number of halogens is 1. The number of ether oxygens (including phenoxy) is 1. The molecule has 0 aromatic heterocycles. The Balaban J connectivity index is 1.67. The molecule has 2 aromatic carbocycles. The van der Waals surface area contributed by atoms with Crippen LogP contribution in [0, 0.1) is 11.7 Å². The molecule has 0 heterocycles. The van der Waals surface area contributed by atoms with Crippen molar-refractivity contribution in [3.63, 3.8) is 0 Å². The molecular weight excluding hydrogens is 285 g/mol. The monoisotopic (exact) mass is 299 g/mol. The number of hydrogen-bond acceptors (Lipinski definition) is 3. The van der Waals surface area contributed by atoms with E-state index >= 15 is 0 Å². The quantitative estimate of drug-likeness (QED) is 0.697. The van der Waals surface area contributed by atoms with E-state index in [-0.39, 0.29) is 34.9 Å². The van der Waals surface area contributed by atoms with E-state index in [1.807, 2.05) is 0 Å². The molecular formula is C17H14FNO3. The first-order chi connectivity index (χ1) is 10.5. The number of rotatable bonds is 4. The maximum absolute atomic E-state index is 13.2. The molecule has 2 aromatic rings. The molecule has 2 atom stereocenters. The van der Waals surface area contributed by atoms with Crippen molar-refractivity contribution < 1.29 is 18.7 Å². The summed E-state index contributed by atoms with van der Waals surface area (Å²) in [6.07, 6.45) is 0.637. The molecule has 4 nitrogen and oxygen atoms in total. The van der Waals surface area contributed by atoms with Crippen molar-refractivity contribution >= 4 is 11.9 Å². The summed E-state index contributed by atoms with van der Waals surface area (Å²) >= 11 is 0. The van der Waals surface area contributed by atoms with E-state index in [4.69, 9.17) is 10.5 Å². The molecule has 3 rings (SSSR count). The van der Waals surface area contributed by atoms with Gasteiger partial charge in [0.05, 0.1) is 5.92 Å². The summed E-state index contributed by atoms with van der Waals surface area (Å²) in [5.41, 5.74) is 6.26. The highest BCUT2D eigenvalue weighted by molar-refractivity contribution is 5.93. The number of benzene rings is 2. The summed E-state index contributed by atoms with van der Waals surface area (Å²) in [6, 6.07) is 12.4. The first kappa shape index (κ1) is 14.3. The van der Waals surface area contributed by atoms with E-state index < -0.39 is 5.91 Å². The molecule has 0 spiro atoms. The van der Waals surface area contributed by atoms with E-state index in [1.165, 1.54) is 18.2 Å². The van der Waals surface area contributed by atoms with Crippen molar-refractivity contribution in [1.29, 1.82) is 0 Å². The van der Waals surface area contributed by atoms with Crippen LogP contribution in [0.1, 0.15) is 28.3 Å². The summed E-state index contributed by atoms with van der Waals surface area (Å²) < 4.78 is 18.5. The number of amides is 1. The number of carbonyl (C=O) groups excluding carboxylic acids is 2. The third-order valence-electron chi connectivity index (χ3n) is 3.71. The summed E-state index contributed by atoms with van der Waals surface area (Å²) in [6.45, 7) is 0. The second kappa shape index (κ2) is 5.60. The van der Waals surface area contributed by atoms with Gasteiger partial charge in [0.15, 0.2) is 0 Å². The van der Waals surface area contributed by atoms with Crippen molar-refractivity contribution in [2.45, 2.75) is 12.3 Å². The Kier molecular flexibility index (Phi) is 3.63. The fraction of sp³-hybridized carbons (Fsp3) is 0.176. The van der Waals surface area contributed by atoms with Crippen molar-refractivity contribution in [1.82, 2.24) is 0 Å². The third kappa shape index (κ3) is 2.98. The summed E-state index contributed by atoms with van der Waals surface area (Å²) in [5.74, 6) is -1.28. The van der Waals surface area contributed by atoms with Crippen molar-refractivity contribution in [2.75, 3.05) is 0 Å². The highest BCUT2D eigenvalue weighted by atomic mass is 19.1. The van der Waals surface area contributed by atoms with E-state index in [1.54, 1.807) is 30.3 Å². The van der Waals surface area contributed by atoms with Gasteiger partial charge in [-0.25, -0.2) is 4.39 Å². The van der Waals surface area contributed by atoms with Crippen LogP contribution < -0.4 is 10.5 Å². The van der Waals surface area contributed by atoms with Crippen LogP contribution in [0.3, 0.4) is 0 Å². The van der Waals surface area contributed by atoms with Gasteiger partial charge in [-0.05, 0) is 48.2 Å². The highest BCUT2D eigenvalue weighted by Crippen LogP contribution is 2.48. The number of primary amides is 1. The molecule has 2 N–H and O–H groups in total. The summed E-state index contributed by atoms with van der Waals surface area (Å²) in [4.78, 5) is 23.2. The first-order valence-corrected chi connectivity index (χ1v) is 6.91. The minimum absolute atomic E-state index is 0.0116. The van der Waals surface area contributed by atoms with Gasteiger partial charge < -0.3 is 10.5 Å². The van der Waals surface area contributed by atoms with E-state index in [9.17, 15) is 14.0 Å². The lowest BCUT2D eigenvalue weighted by Gasteiger charge is -2.05. The van der Waals surface area contributed by atoms with Crippen LogP contribution >= 0.6 is 0 Å². The Morgan fingerprint density at radius 2 is 1.91 bits per heavy atom. The van der Waals surface area contributed by atoms with Gasteiger partial charge in [0.1, 0.15) is 11.6 Å². The van der Waals surface area contributed by atoms with Crippen molar-refractivity contribution in [3.05, 3.63) is 65.5 Å². The van der Waals surface area contributed by atoms with E-state index in [2.05, 4.69) is 0 Å². The molecule has 2 unspecified atom stereocenters. The number of hydrogen-bond donors (Lipinski definition) is 1. The van der Waals surface area contributed by atoms with Crippen LogP contribution in [0.2, 0.25) is 0 Å². The predicted molar refractivity (Wildman–Crippen MR) is 77.8 cm³/mol. The topological polar surface area (TPSA) is 69.4 Å². The zero-order valence-electron chi connectivity index (χ0n) is 11.7. The molecule has 0 aliphatic heterocycles. The second-order valence-corrected chi connectivity index (χ2v) is 5.32. The standard InChI is InChI=1S/C17H14FNO3/c18-12-5-1-3-10(7-12)14-9-15(14)17(21)22-13-6-2-4-11(8-13)16(19)20/h1-8,14-15H,9H2,(H2,19,20). The van der Waals surface area contributed by atoms with Gasteiger partial charge in [0.25, 0.3) is 0 Å². The minimum atomic E-state index is -0.582. The van der Waals surface area contributed by atoms with Crippen LogP contribution in [-0.2, 0) is 4.79 Å². The van der Waals surface area contributed by atoms with Crippen LogP contribution in [0.5, 0.6) is 5.75 Å². The van der Waals surface area contributed by atoms with Gasteiger partial charge in [0, 0.05) is 5.56 Å². The summed E-state index contributed by atoms with van der Waals surface area (Å²) in [7, 11) is 0. The molecule has 1 fully saturated rings. The normalized spacial score (nSPS) is 19.5. The maximum atomic E-state index is 13.2. The Morgan fingerprint density at radius 1 is 1.14 bits per heavy atom. The average Bonchev–Trinajstić information content (AvgIpc) is 3.28. The van der Waals surface area contributed by atoms with E-state index in [0.29, 0.717) is 6.42 Å². The third-order valence-corrected chi connectivity index (χ3v) is 3.71. The highest BCUT2D eigenvalue weighted by Gasteiger charge is 2.45. The van der Waals surface area contributed by atoms with Gasteiger partial charge in [-0.2, -0.15) is 0 Å². The minimum Gasteiger partial charge on any atom is -0.426 e. The second-order valence-electron chi connectivity index (χ2n) is 5.32. The molecule has 5 heteroatoms. The van der Waals surface area contributed by atoms with Gasteiger partial charge >= 0.3 is 5.97 Å². The molecule has 1 aliphatic carbocycles. The molecule has 1 amide bonds. The largest absolute Gasteiger partial charge is 0.426 e. The molecule has 22 heavy (non-hydrogen) atoms. The Labute approximate surface area is 126 Å². The Hall–Kier alpha value is -2.69. The fourth-order valence-corrected chi connectivity index (χ4v) is 2.47. The number of nitrogens with two attached hydrogens (primary N) is 1. The molecule has 112 valence electrons. The lowest BCUT2D eigenvalue weighted by atomic mass is 10.1. The van der Waals surface area contributed by atoms with Crippen LogP contribution in [0.4, 0.5) is 4.39 Å². The molecule has 1 aliphatic rings. The molecule has 0 bridgehead atoms. The van der Waals surface area contributed by atoms with Gasteiger partial charge in [-0.15, -0.1) is 0 Å². The average molecular weight is 299 g/mol. The lowest BCUT2D eigenvalue weighted by Crippen LogP contribution is -2.13. The maximum Gasteiger partial charge on any atom is 0.314 e. The zero-order chi connectivity index (χ0) is 15.7. The van der Waals surface area contributed by atoms with Gasteiger partial charge in [0.2, 0.25) is 5.91 Å². The number of esters is 1.